The van der Waals surface area contributed by atoms with Crippen molar-refractivity contribution in [3.8, 4) is 0 Å². The van der Waals surface area contributed by atoms with Crippen LogP contribution in [0.2, 0.25) is 18.1 Å². The molecule has 0 aliphatic rings. The Morgan fingerprint density at radius 2 is 1.69 bits per heavy atom. The second kappa shape index (κ2) is 6.82. The summed E-state index contributed by atoms with van der Waals surface area (Å²) in [6, 6.07) is 3.31. The second-order valence-corrected chi connectivity index (χ2v) is 8.35. The van der Waals surface area contributed by atoms with Crippen LogP contribution in [0.4, 0.5) is 0 Å². The Morgan fingerprint density at radius 3 is 1.92 bits per heavy atom. The van der Waals surface area contributed by atoms with E-state index in [1.165, 1.54) is 0 Å². The van der Waals surface area contributed by atoms with Crippen molar-refractivity contribution in [3.05, 3.63) is 0 Å². The van der Waals surface area contributed by atoms with Crippen LogP contribution in [0, 0.1) is 0 Å². The molecule has 80 valence electrons. The summed E-state index contributed by atoms with van der Waals surface area (Å²) in [5.41, 5.74) is 0. The lowest BCUT2D eigenvalue weighted by Crippen LogP contribution is -2.41. The minimum Gasteiger partial charge on any atom is -0.410 e. The van der Waals surface area contributed by atoms with Crippen molar-refractivity contribution < 1.29 is 9.53 Å². The number of aliphatic hydroxyl groups excluding tert-OH is 1. The number of alkyl halides is 1. The van der Waals surface area contributed by atoms with Gasteiger partial charge in [-0.05, 0) is 18.1 Å². The van der Waals surface area contributed by atoms with Crippen molar-refractivity contribution in [2.45, 2.75) is 45.0 Å². The average Bonchev–Trinajstić information content (AvgIpc) is 2.21. The van der Waals surface area contributed by atoms with Gasteiger partial charge in [0.25, 0.3) is 0 Å². The molecule has 0 aliphatic carbocycles. The molecule has 4 heteroatoms. The van der Waals surface area contributed by atoms with Crippen molar-refractivity contribution in [2.24, 2.45) is 0 Å². The van der Waals surface area contributed by atoms with Gasteiger partial charge in [0.15, 0.2) is 8.32 Å². The van der Waals surface area contributed by atoms with E-state index in [2.05, 4.69) is 20.8 Å². The van der Waals surface area contributed by atoms with E-state index in [-0.39, 0.29) is 12.7 Å². The third-order valence-electron chi connectivity index (χ3n) is 2.73. The van der Waals surface area contributed by atoms with E-state index in [1.807, 2.05) is 0 Å². The maximum Gasteiger partial charge on any atom is 0.192 e. The zero-order valence-electron chi connectivity index (χ0n) is 8.85. The molecule has 0 spiro atoms. The van der Waals surface area contributed by atoms with Gasteiger partial charge < -0.3 is 9.53 Å². The molecular formula is C9H21ClO2Si. The van der Waals surface area contributed by atoms with Gasteiger partial charge in [-0.2, -0.15) is 0 Å². The molecule has 0 amide bonds. The third kappa shape index (κ3) is 3.98. The van der Waals surface area contributed by atoms with Crippen LogP contribution in [-0.2, 0) is 4.43 Å². The van der Waals surface area contributed by atoms with E-state index in [9.17, 15) is 0 Å². The van der Waals surface area contributed by atoms with E-state index < -0.39 is 8.32 Å². The van der Waals surface area contributed by atoms with Crippen LogP contribution in [-0.4, -0.2) is 32.0 Å². The first kappa shape index (κ1) is 13.4. The zero-order chi connectivity index (χ0) is 10.3. The summed E-state index contributed by atoms with van der Waals surface area (Å²) in [6.45, 7) is 6.55. The molecule has 0 heterocycles. The number of hydrogen-bond donors (Lipinski definition) is 1. The highest BCUT2D eigenvalue weighted by Gasteiger charge is 2.31. The van der Waals surface area contributed by atoms with E-state index >= 15 is 0 Å². The molecule has 0 aromatic rings. The molecule has 2 nitrogen and oxygen atoms in total. The predicted octanol–water partition coefficient (Wildman–Crippen LogP) is 2.61. The van der Waals surface area contributed by atoms with Crippen LogP contribution in [0.5, 0.6) is 0 Å². The van der Waals surface area contributed by atoms with Crippen LogP contribution in [0.15, 0.2) is 0 Å². The summed E-state index contributed by atoms with van der Waals surface area (Å²) >= 11 is 5.68. The van der Waals surface area contributed by atoms with Crippen LogP contribution in [0.3, 0.4) is 0 Å². The quantitative estimate of drug-likeness (QED) is 0.532. The predicted molar refractivity (Wildman–Crippen MR) is 59.9 cm³/mol. The summed E-state index contributed by atoms with van der Waals surface area (Å²) in [5.74, 6) is 0.394. The summed E-state index contributed by atoms with van der Waals surface area (Å²) in [4.78, 5) is 0. The van der Waals surface area contributed by atoms with Crippen molar-refractivity contribution in [1.29, 1.82) is 0 Å². The smallest absolute Gasteiger partial charge is 0.192 e. The molecule has 0 radical (unpaired) electrons. The minimum absolute atomic E-state index is 0.0399. The maximum absolute atomic E-state index is 8.99. The highest BCUT2D eigenvalue weighted by atomic mass is 35.5. The van der Waals surface area contributed by atoms with E-state index in [0.717, 1.165) is 18.1 Å². The van der Waals surface area contributed by atoms with Crippen LogP contribution in [0.1, 0.15) is 20.8 Å². The lowest BCUT2D eigenvalue weighted by Gasteiger charge is -2.31. The Kier molecular flexibility index (Phi) is 7.04. The molecule has 0 saturated heterocycles. The van der Waals surface area contributed by atoms with Gasteiger partial charge in [-0.3, -0.25) is 0 Å². The highest BCUT2D eigenvalue weighted by Crippen LogP contribution is 2.23. The molecule has 1 atom stereocenters. The molecule has 0 rings (SSSR count). The monoisotopic (exact) mass is 224 g/mol. The maximum atomic E-state index is 8.99. The van der Waals surface area contributed by atoms with Gasteiger partial charge in [0, 0.05) is 5.88 Å². The molecule has 0 bridgehead atoms. The normalized spacial score (nSPS) is 14.5. The Labute approximate surface area is 87.4 Å². The second-order valence-electron chi connectivity index (χ2n) is 3.32. The van der Waals surface area contributed by atoms with Gasteiger partial charge in [0.1, 0.15) is 0 Å². The molecule has 13 heavy (non-hydrogen) atoms. The van der Waals surface area contributed by atoms with Gasteiger partial charge in [-0.1, -0.05) is 20.8 Å². The van der Waals surface area contributed by atoms with E-state index in [1.54, 1.807) is 0 Å². The lowest BCUT2D eigenvalue weighted by atomic mass is 10.4. The summed E-state index contributed by atoms with van der Waals surface area (Å²) in [5, 5.41) is 8.99. The first-order chi connectivity index (χ1) is 6.17. The largest absolute Gasteiger partial charge is 0.410 e. The molecule has 0 aliphatic heterocycles. The molecule has 0 unspecified atom stereocenters. The van der Waals surface area contributed by atoms with Crippen molar-refractivity contribution >= 4 is 19.9 Å². The Morgan fingerprint density at radius 1 is 1.23 bits per heavy atom. The Bertz CT molecular complexity index is 117. The fraction of sp³-hybridized carbons (Fsp3) is 1.00. The lowest BCUT2D eigenvalue weighted by molar-refractivity contribution is 0.122. The van der Waals surface area contributed by atoms with Gasteiger partial charge >= 0.3 is 0 Å². The third-order valence-corrected chi connectivity index (χ3v) is 7.77. The topological polar surface area (TPSA) is 29.5 Å². The molecule has 0 fully saturated rings. The van der Waals surface area contributed by atoms with Gasteiger partial charge in [0.05, 0.1) is 12.7 Å². The summed E-state index contributed by atoms with van der Waals surface area (Å²) in [7, 11) is -1.57. The van der Waals surface area contributed by atoms with Crippen molar-refractivity contribution in [3.63, 3.8) is 0 Å². The number of halogens is 1. The number of hydrogen-bond acceptors (Lipinski definition) is 2. The van der Waals surface area contributed by atoms with Crippen LogP contribution < -0.4 is 0 Å². The minimum atomic E-state index is -1.57. The van der Waals surface area contributed by atoms with Crippen LogP contribution in [0.25, 0.3) is 0 Å². The van der Waals surface area contributed by atoms with Gasteiger partial charge in [-0.15, -0.1) is 11.6 Å². The Balaban J connectivity index is 4.21. The van der Waals surface area contributed by atoms with Crippen molar-refractivity contribution in [2.75, 3.05) is 12.5 Å². The van der Waals surface area contributed by atoms with Crippen LogP contribution >= 0.6 is 11.6 Å². The first-order valence-electron chi connectivity index (χ1n) is 5.02. The molecule has 0 aromatic carbocycles. The highest BCUT2D eigenvalue weighted by molar-refractivity contribution is 6.73. The zero-order valence-corrected chi connectivity index (χ0v) is 10.6. The molecule has 0 saturated carbocycles. The standard InChI is InChI=1S/C9H21ClO2Si/c1-4-13(5-2,6-3)12-9(7-10)8-11/h9,11H,4-8H2,1-3H3/t9-/m0/s1. The fourth-order valence-electron chi connectivity index (χ4n) is 1.47. The molecular weight excluding hydrogens is 204 g/mol. The molecule has 0 aromatic heterocycles. The number of aliphatic hydroxyl groups is 1. The first-order valence-corrected chi connectivity index (χ1v) is 8.09. The Hall–Kier alpha value is 0.427. The molecule has 1 N–H and O–H groups in total. The van der Waals surface area contributed by atoms with E-state index in [0.29, 0.717) is 5.88 Å². The number of rotatable bonds is 7. The fourth-order valence-corrected chi connectivity index (χ4v) is 4.60. The van der Waals surface area contributed by atoms with E-state index in [4.69, 9.17) is 21.1 Å². The summed E-state index contributed by atoms with van der Waals surface area (Å²) < 4.78 is 5.94. The van der Waals surface area contributed by atoms with Crippen molar-refractivity contribution in [1.82, 2.24) is 0 Å². The van der Waals surface area contributed by atoms with Gasteiger partial charge in [0.2, 0.25) is 0 Å². The summed E-state index contributed by atoms with van der Waals surface area (Å²) in [6.07, 6.45) is -0.159. The van der Waals surface area contributed by atoms with Gasteiger partial charge in [-0.25, -0.2) is 0 Å². The SMILES string of the molecule is CC[Si](CC)(CC)O[C@H](CO)CCl. The average molecular weight is 225 g/mol.